The van der Waals surface area contributed by atoms with Gasteiger partial charge in [-0.25, -0.2) is 4.57 Å². The monoisotopic (exact) mass is 276 g/mol. The van der Waals surface area contributed by atoms with Gasteiger partial charge in [-0.05, 0) is 12.3 Å². The van der Waals surface area contributed by atoms with E-state index in [2.05, 4.69) is 18.4 Å². The van der Waals surface area contributed by atoms with Gasteiger partial charge in [0.2, 0.25) is 0 Å². The summed E-state index contributed by atoms with van der Waals surface area (Å²) in [6, 6.07) is 0. The largest absolute Gasteiger partial charge is 1.00 e. The molecule has 17 heavy (non-hydrogen) atoms. The van der Waals surface area contributed by atoms with Gasteiger partial charge in [0.25, 0.3) is 0 Å². The summed E-state index contributed by atoms with van der Waals surface area (Å²) in [7, 11) is -4.25. The molecule has 2 N–H and O–H groups in total. The maximum atomic E-state index is 10.4. The Balaban J connectivity index is -0.00000112. The Bertz CT molecular complexity index is 213. The van der Waals surface area contributed by atoms with Crippen molar-refractivity contribution >= 4 is 7.82 Å². The fourth-order valence-corrected chi connectivity index (χ4v) is 2.14. The quantitative estimate of drug-likeness (QED) is 0.348. The maximum Gasteiger partial charge on any atom is 1.00 e. The molecule has 1 atom stereocenters. The van der Waals surface area contributed by atoms with E-state index in [0.717, 1.165) is 25.2 Å². The minimum Gasteiger partial charge on any atom is -1.00 e. The van der Waals surface area contributed by atoms with E-state index in [-0.39, 0.29) is 37.6 Å². The molecule has 0 bridgehead atoms. The second-order valence-corrected chi connectivity index (χ2v) is 5.66. The fraction of sp³-hybridized carbons (Fsp3) is 1.00. The Labute approximate surface area is 129 Å². The van der Waals surface area contributed by atoms with E-state index < -0.39 is 7.82 Å². The van der Waals surface area contributed by atoms with Crippen LogP contribution in [0.5, 0.6) is 0 Å². The first kappa shape index (κ1) is 20.4. The zero-order chi connectivity index (χ0) is 12.4. The Hall–Kier alpha value is 1.11. The Morgan fingerprint density at radius 2 is 1.76 bits per heavy atom. The average molecular weight is 276 g/mol. The molecule has 0 radical (unpaired) electrons. The first-order chi connectivity index (χ1) is 7.45. The van der Waals surface area contributed by atoms with Gasteiger partial charge in [-0.15, -0.1) is 0 Å². The van der Waals surface area contributed by atoms with Crippen LogP contribution >= 0.6 is 7.82 Å². The molecule has 0 aromatic heterocycles. The summed E-state index contributed by atoms with van der Waals surface area (Å²) in [5.41, 5.74) is 0. The van der Waals surface area contributed by atoms with Crippen molar-refractivity contribution in [2.24, 2.45) is 5.92 Å². The van der Waals surface area contributed by atoms with E-state index in [1.165, 1.54) is 25.7 Å². The third kappa shape index (κ3) is 17.1. The van der Waals surface area contributed by atoms with Crippen LogP contribution < -0.4 is 29.6 Å². The van der Waals surface area contributed by atoms with E-state index in [9.17, 15) is 4.57 Å². The van der Waals surface area contributed by atoms with Crippen LogP contribution in [-0.4, -0.2) is 16.4 Å². The standard InChI is InChI=1S/C11H25O4P.Na.H/c1-3-8-11(2)9-6-4-5-7-10-15-16(12,13)14;;/h11H,3-10H2,1-2H3,(H2,12,13,14);;/q;+1;-1. The molecule has 0 spiro atoms. The molecule has 0 fully saturated rings. The van der Waals surface area contributed by atoms with E-state index in [1.54, 1.807) is 0 Å². The van der Waals surface area contributed by atoms with E-state index >= 15 is 0 Å². The molecular formula is C11H26NaO4P. The summed E-state index contributed by atoms with van der Waals surface area (Å²) < 4.78 is 14.7. The van der Waals surface area contributed by atoms with Gasteiger partial charge < -0.3 is 11.2 Å². The molecule has 0 aliphatic rings. The van der Waals surface area contributed by atoms with Crippen LogP contribution in [0, 0.1) is 5.92 Å². The molecule has 0 heterocycles. The number of rotatable bonds is 10. The van der Waals surface area contributed by atoms with Crippen LogP contribution in [-0.2, 0) is 9.09 Å². The van der Waals surface area contributed by atoms with Gasteiger partial charge in [0.15, 0.2) is 0 Å². The molecule has 0 saturated heterocycles. The normalized spacial score (nSPS) is 13.2. The second-order valence-electron chi connectivity index (χ2n) is 4.42. The SMILES string of the molecule is CCCC(C)CCCCCCOP(=O)(O)O.[H-].[Na+]. The minimum atomic E-state index is -4.25. The molecule has 0 aliphatic carbocycles. The van der Waals surface area contributed by atoms with Crippen molar-refractivity contribution in [1.82, 2.24) is 0 Å². The number of hydrogen-bond donors (Lipinski definition) is 2. The number of phosphoric acid groups is 1. The van der Waals surface area contributed by atoms with Crippen molar-refractivity contribution in [3.05, 3.63) is 0 Å². The smallest absolute Gasteiger partial charge is 1.00 e. The summed E-state index contributed by atoms with van der Waals surface area (Å²) in [5.74, 6) is 0.802. The van der Waals surface area contributed by atoms with Crippen molar-refractivity contribution in [2.45, 2.75) is 58.8 Å². The van der Waals surface area contributed by atoms with Gasteiger partial charge in [-0.3, -0.25) is 4.52 Å². The van der Waals surface area contributed by atoms with Crippen molar-refractivity contribution in [2.75, 3.05) is 6.61 Å². The minimum absolute atomic E-state index is 0. The molecule has 0 rings (SSSR count). The molecule has 0 saturated carbocycles. The summed E-state index contributed by atoms with van der Waals surface area (Å²) in [6.45, 7) is 4.64. The summed E-state index contributed by atoms with van der Waals surface area (Å²) >= 11 is 0. The maximum absolute atomic E-state index is 10.4. The molecule has 6 heteroatoms. The number of phosphoric ester groups is 1. The van der Waals surface area contributed by atoms with Crippen LogP contribution in [0.25, 0.3) is 0 Å². The predicted molar refractivity (Wildman–Crippen MR) is 66.3 cm³/mol. The Morgan fingerprint density at radius 1 is 1.18 bits per heavy atom. The first-order valence-corrected chi connectivity index (χ1v) is 7.69. The van der Waals surface area contributed by atoms with Crippen molar-refractivity contribution < 1.29 is 49.9 Å². The van der Waals surface area contributed by atoms with Crippen molar-refractivity contribution in [3.8, 4) is 0 Å². The average Bonchev–Trinajstić information content (AvgIpc) is 2.15. The van der Waals surface area contributed by atoms with Crippen LogP contribution in [0.4, 0.5) is 0 Å². The zero-order valence-electron chi connectivity index (χ0n) is 12.4. The van der Waals surface area contributed by atoms with Gasteiger partial charge in [0.1, 0.15) is 0 Å². The number of unbranched alkanes of at least 4 members (excludes halogenated alkanes) is 3. The summed E-state index contributed by atoms with van der Waals surface area (Å²) in [4.78, 5) is 16.9. The Morgan fingerprint density at radius 3 is 2.29 bits per heavy atom. The fourth-order valence-electron chi connectivity index (χ4n) is 1.77. The van der Waals surface area contributed by atoms with Gasteiger partial charge in [-0.2, -0.15) is 0 Å². The number of hydrogen-bond acceptors (Lipinski definition) is 2. The van der Waals surface area contributed by atoms with Crippen LogP contribution in [0.1, 0.15) is 60.2 Å². The molecule has 1 unspecified atom stereocenters. The topological polar surface area (TPSA) is 66.8 Å². The van der Waals surface area contributed by atoms with Crippen LogP contribution in [0.3, 0.4) is 0 Å². The van der Waals surface area contributed by atoms with Gasteiger partial charge >= 0.3 is 37.4 Å². The third-order valence-electron chi connectivity index (χ3n) is 2.63. The zero-order valence-corrected chi connectivity index (χ0v) is 14.3. The Kier molecular flexibility index (Phi) is 14.6. The second kappa shape index (κ2) is 12.2. The van der Waals surface area contributed by atoms with E-state index in [1.807, 2.05) is 0 Å². The molecule has 100 valence electrons. The van der Waals surface area contributed by atoms with E-state index in [0.29, 0.717) is 0 Å². The van der Waals surface area contributed by atoms with Crippen LogP contribution in [0.15, 0.2) is 0 Å². The molecule has 4 nitrogen and oxygen atoms in total. The predicted octanol–water partition coefficient (Wildman–Crippen LogP) is 0.599. The van der Waals surface area contributed by atoms with E-state index in [4.69, 9.17) is 9.79 Å². The first-order valence-electron chi connectivity index (χ1n) is 6.15. The summed E-state index contributed by atoms with van der Waals surface area (Å²) in [5, 5.41) is 0. The van der Waals surface area contributed by atoms with Crippen molar-refractivity contribution in [1.29, 1.82) is 0 Å². The molecule has 0 aromatic rings. The molecule has 0 amide bonds. The van der Waals surface area contributed by atoms with Crippen molar-refractivity contribution in [3.63, 3.8) is 0 Å². The molecular weight excluding hydrogens is 250 g/mol. The molecule has 0 aliphatic heterocycles. The van der Waals surface area contributed by atoms with Gasteiger partial charge in [0.05, 0.1) is 6.61 Å². The van der Waals surface area contributed by atoms with Gasteiger partial charge in [0, 0.05) is 0 Å². The van der Waals surface area contributed by atoms with Gasteiger partial charge in [-0.1, -0.05) is 52.4 Å². The van der Waals surface area contributed by atoms with Crippen LogP contribution in [0.2, 0.25) is 0 Å². The molecule has 0 aromatic carbocycles. The summed E-state index contributed by atoms with van der Waals surface area (Å²) in [6.07, 6.45) is 7.84. The third-order valence-corrected chi connectivity index (χ3v) is 3.15.